The van der Waals surface area contributed by atoms with Crippen LogP contribution in [-0.4, -0.2) is 58.5 Å². The lowest BCUT2D eigenvalue weighted by Gasteiger charge is -2.32. The van der Waals surface area contributed by atoms with Crippen molar-refractivity contribution in [3.8, 4) is 22.4 Å². The molecule has 5 rings (SSSR count). The third-order valence-corrected chi connectivity index (χ3v) is 8.45. The first-order valence-electron chi connectivity index (χ1n) is 12.7. The molecule has 0 unspecified atom stereocenters. The summed E-state index contributed by atoms with van der Waals surface area (Å²) in [6.07, 6.45) is 3.60. The standard InChI is InChI=1S/C28H30FN5O4S/c1-28(2,3)38-27(35)32-19-11-14-34(15-12-19)39(36,37)25-7-5-4-6-20(25)18-8-9-21(22(29)16-18)24-17-31-26-23(33-24)10-13-30-26/h4-10,13,16-17,19H,11-12,14-15H2,1-3H3,(H,30,31)(H,32,35). The van der Waals surface area contributed by atoms with Gasteiger partial charge in [0, 0.05) is 36.5 Å². The average Bonchev–Trinajstić information content (AvgIpc) is 3.36. The fourth-order valence-corrected chi connectivity index (χ4v) is 6.32. The van der Waals surface area contributed by atoms with Crippen molar-refractivity contribution in [2.75, 3.05) is 13.1 Å². The van der Waals surface area contributed by atoms with Gasteiger partial charge in [0.25, 0.3) is 0 Å². The van der Waals surface area contributed by atoms with Crippen LogP contribution in [0.5, 0.6) is 0 Å². The van der Waals surface area contributed by atoms with Crippen LogP contribution in [-0.2, 0) is 14.8 Å². The number of rotatable bonds is 5. The Kier molecular flexibility index (Phi) is 7.13. The van der Waals surface area contributed by atoms with Crippen molar-refractivity contribution in [2.45, 2.75) is 50.2 Å². The van der Waals surface area contributed by atoms with E-state index >= 15 is 4.39 Å². The van der Waals surface area contributed by atoms with Crippen molar-refractivity contribution in [3.05, 3.63) is 66.7 Å². The molecule has 39 heavy (non-hydrogen) atoms. The molecular formula is C28H30FN5O4S. The van der Waals surface area contributed by atoms with Gasteiger partial charge >= 0.3 is 6.09 Å². The summed E-state index contributed by atoms with van der Waals surface area (Å²) in [7, 11) is -3.87. The van der Waals surface area contributed by atoms with Crippen LogP contribution in [0.2, 0.25) is 0 Å². The number of piperidine rings is 1. The molecule has 1 amide bonds. The second kappa shape index (κ2) is 10.4. The zero-order valence-electron chi connectivity index (χ0n) is 21.9. The van der Waals surface area contributed by atoms with E-state index in [0.29, 0.717) is 40.8 Å². The second-order valence-electron chi connectivity index (χ2n) is 10.5. The Balaban J connectivity index is 1.35. The van der Waals surface area contributed by atoms with Crippen LogP contribution >= 0.6 is 0 Å². The summed E-state index contributed by atoms with van der Waals surface area (Å²) in [4.78, 5) is 23.9. The molecule has 204 valence electrons. The van der Waals surface area contributed by atoms with Gasteiger partial charge in [-0.15, -0.1) is 0 Å². The number of carbonyl (C=O) groups excluding carboxylic acids is 1. The van der Waals surface area contributed by atoms with E-state index in [1.807, 2.05) is 0 Å². The predicted molar refractivity (Wildman–Crippen MR) is 146 cm³/mol. The van der Waals surface area contributed by atoms with E-state index in [1.165, 1.54) is 22.6 Å². The van der Waals surface area contributed by atoms with Crippen LogP contribution in [0, 0.1) is 5.82 Å². The van der Waals surface area contributed by atoms with Crippen molar-refractivity contribution in [1.29, 1.82) is 0 Å². The molecule has 3 heterocycles. The number of nitrogens with one attached hydrogen (secondary N) is 2. The molecule has 2 aromatic carbocycles. The van der Waals surface area contributed by atoms with Gasteiger partial charge in [-0.05, 0) is 63.4 Å². The van der Waals surface area contributed by atoms with Gasteiger partial charge in [0.1, 0.15) is 16.9 Å². The first-order chi connectivity index (χ1) is 18.5. The Bertz CT molecular complexity index is 1620. The third-order valence-electron chi connectivity index (χ3n) is 6.50. The molecule has 1 saturated heterocycles. The number of amides is 1. The highest BCUT2D eigenvalue weighted by atomic mass is 32.2. The summed E-state index contributed by atoms with van der Waals surface area (Å²) in [5, 5.41) is 2.82. The molecule has 2 N–H and O–H groups in total. The van der Waals surface area contributed by atoms with Gasteiger partial charge in [-0.1, -0.05) is 24.3 Å². The van der Waals surface area contributed by atoms with E-state index in [2.05, 4.69) is 20.3 Å². The highest BCUT2D eigenvalue weighted by Gasteiger charge is 2.32. The number of aromatic amines is 1. The SMILES string of the molecule is CC(C)(C)OC(=O)NC1CCN(S(=O)(=O)c2ccccc2-c2ccc(-c3cnc4[nH]ccc4n3)c(F)c2)CC1. The molecule has 9 nitrogen and oxygen atoms in total. The average molecular weight is 552 g/mol. The Labute approximate surface area is 226 Å². The van der Waals surface area contributed by atoms with Crippen LogP contribution in [0.4, 0.5) is 9.18 Å². The zero-order chi connectivity index (χ0) is 27.8. The molecular weight excluding hydrogens is 521 g/mol. The highest BCUT2D eigenvalue weighted by Crippen LogP contribution is 2.33. The molecule has 1 fully saturated rings. The van der Waals surface area contributed by atoms with Crippen LogP contribution in [0.15, 0.2) is 65.8 Å². The second-order valence-corrected chi connectivity index (χ2v) is 12.4. The number of benzene rings is 2. The number of aromatic nitrogens is 3. The molecule has 1 aliphatic rings. The number of nitrogens with zero attached hydrogens (tertiary/aromatic N) is 3. The maximum Gasteiger partial charge on any atom is 0.407 e. The molecule has 2 aromatic heterocycles. The number of hydrogen-bond acceptors (Lipinski definition) is 6. The van der Waals surface area contributed by atoms with Gasteiger partial charge < -0.3 is 15.0 Å². The summed E-state index contributed by atoms with van der Waals surface area (Å²) >= 11 is 0. The first kappa shape index (κ1) is 26.8. The predicted octanol–water partition coefficient (Wildman–Crippen LogP) is 5.11. The van der Waals surface area contributed by atoms with E-state index < -0.39 is 27.5 Å². The normalized spacial score (nSPS) is 15.4. The molecule has 0 spiro atoms. The Morgan fingerprint density at radius 1 is 1.10 bits per heavy atom. The fraction of sp³-hybridized carbons (Fsp3) is 0.321. The quantitative estimate of drug-likeness (QED) is 0.356. The maximum absolute atomic E-state index is 15.3. The molecule has 0 atom stereocenters. The van der Waals surface area contributed by atoms with Crippen molar-refractivity contribution < 1.29 is 22.3 Å². The monoisotopic (exact) mass is 551 g/mol. The van der Waals surface area contributed by atoms with Crippen molar-refractivity contribution in [1.82, 2.24) is 24.6 Å². The van der Waals surface area contributed by atoms with Crippen molar-refractivity contribution in [2.24, 2.45) is 0 Å². The third kappa shape index (κ3) is 5.79. The summed E-state index contributed by atoms with van der Waals surface area (Å²) in [5.74, 6) is -0.530. The highest BCUT2D eigenvalue weighted by molar-refractivity contribution is 7.89. The van der Waals surface area contributed by atoms with Gasteiger partial charge in [-0.25, -0.2) is 27.6 Å². The zero-order valence-corrected chi connectivity index (χ0v) is 22.8. The number of hydrogen-bond donors (Lipinski definition) is 2. The smallest absolute Gasteiger partial charge is 0.407 e. The largest absolute Gasteiger partial charge is 0.444 e. The Morgan fingerprint density at radius 3 is 2.56 bits per heavy atom. The van der Waals surface area contributed by atoms with Gasteiger partial charge in [0.2, 0.25) is 10.0 Å². The number of alkyl carbamates (subject to hydrolysis) is 1. The lowest BCUT2D eigenvalue weighted by atomic mass is 10.0. The molecule has 4 aromatic rings. The number of halogens is 1. The van der Waals surface area contributed by atoms with E-state index in [1.54, 1.807) is 63.4 Å². The molecule has 11 heteroatoms. The van der Waals surface area contributed by atoms with E-state index in [9.17, 15) is 13.2 Å². The fourth-order valence-electron chi connectivity index (χ4n) is 4.63. The number of fused-ring (bicyclic) bond motifs is 1. The summed E-state index contributed by atoms with van der Waals surface area (Å²) < 4.78 is 49.4. The van der Waals surface area contributed by atoms with Gasteiger partial charge in [0.15, 0.2) is 5.65 Å². The number of H-pyrrole nitrogens is 1. The number of sulfonamides is 1. The molecule has 0 aliphatic carbocycles. The minimum Gasteiger partial charge on any atom is -0.444 e. The number of ether oxygens (including phenoxy) is 1. The van der Waals surface area contributed by atoms with Crippen molar-refractivity contribution >= 4 is 27.3 Å². The topological polar surface area (TPSA) is 117 Å². The first-order valence-corrected chi connectivity index (χ1v) is 14.1. The maximum atomic E-state index is 15.3. The number of carbonyl (C=O) groups is 1. The van der Waals surface area contributed by atoms with E-state index in [0.717, 1.165) is 0 Å². The molecule has 0 bridgehead atoms. The molecule has 1 aliphatic heterocycles. The minimum atomic E-state index is -3.87. The molecule has 0 saturated carbocycles. The Hall–Kier alpha value is -3.83. The summed E-state index contributed by atoms with van der Waals surface area (Å²) in [6.45, 7) is 5.84. The van der Waals surface area contributed by atoms with Gasteiger partial charge in [-0.3, -0.25) is 0 Å². The van der Waals surface area contributed by atoms with Crippen LogP contribution < -0.4 is 5.32 Å². The lowest BCUT2D eigenvalue weighted by molar-refractivity contribution is 0.0489. The van der Waals surface area contributed by atoms with Crippen LogP contribution in [0.25, 0.3) is 33.5 Å². The Morgan fingerprint density at radius 2 is 1.85 bits per heavy atom. The van der Waals surface area contributed by atoms with Gasteiger partial charge in [0.05, 0.1) is 16.8 Å². The lowest BCUT2D eigenvalue weighted by Crippen LogP contribution is -2.47. The van der Waals surface area contributed by atoms with E-state index in [4.69, 9.17) is 4.74 Å². The van der Waals surface area contributed by atoms with Crippen LogP contribution in [0.3, 0.4) is 0 Å². The molecule has 0 radical (unpaired) electrons. The van der Waals surface area contributed by atoms with Crippen LogP contribution in [0.1, 0.15) is 33.6 Å². The summed E-state index contributed by atoms with van der Waals surface area (Å²) in [6, 6.07) is 12.8. The van der Waals surface area contributed by atoms with Crippen molar-refractivity contribution in [3.63, 3.8) is 0 Å². The summed E-state index contributed by atoms with van der Waals surface area (Å²) in [5.41, 5.74) is 2.12. The minimum absolute atomic E-state index is 0.101. The van der Waals surface area contributed by atoms with E-state index in [-0.39, 0.29) is 29.6 Å². The van der Waals surface area contributed by atoms with Gasteiger partial charge in [-0.2, -0.15) is 4.31 Å².